The Hall–Kier alpha value is -2.82. The first kappa shape index (κ1) is 14.1. The van der Waals surface area contributed by atoms with Crippen LogP contribution in [0.2, 0.25) is 0 Å². The molecule has 22 heavy (non-hydrogen) atoms. The number of carbonyl (C=O) groups is 1. The molecule has 1 atom stereocenters. The lowest BCUT2D eigenvalue weighted by molar-refractivity contribution is -0.117. The Morgan fingerprint density at radius 2 is 2.23 bits per heavy atom. The van der Waals surface area contributed by atoms with E-state index in [2.05, 4.69) is 10.4 Å². The highest BCUT2D eigenvalue weighted by Gasteiger charge is 2.12. The van der Waals surface area contributed by atoms with Crippen molar-refractivity contribution in [1.29, 1.82) is 0 Å². The maximum atomic E-state index is 12.0. The third kappa shape index (κ3) is 3.09. The van der Waals surface area contributed by atoms with E-state index in [1.165, 1.54) is 6.08 Å². The molecule has 5 heteroatoms. The quantitative estimate of drug-likeness (QED) is 0.753. The van der Waals surface area contributed by atoms with Gasteiger partial charge in [-0.2, -0.15) is 5.10 Å². The predicted molar refractivity (Wildman–Crippen MR) is 85.0 cm³/mol. The number of hydrogen-bond donors (Lipinski definition) is 1. The number of hydrogen-bond acceptors (Lipinski definition) is 3. The molecule has 0 aliphatic heterocycles. The van der Waals surface area contributed by atoms with Gasteiger partial charge in [-0.05, 0) is 25.1 Å². The van der Waals surface area contributed by atoms with Gasteiger partial charge in [0.2, 0.25) is 5.91 Å². The van der Waals surface area contributed by atoms with E-state index >= 15 is 0 Å². The monoisotopic (exact) mass is 295 g/mol. The first-order valence-corrected chi connectivity index (χ1v) is 7.07. The molecule has 0 fully saturated rings. The first-order chi connectivity index (χ1) is 10.6. The molecule has 5 nitrogen and oxygen atoms in total. The molecule has 0 spiro atoms. The topological polar surface area (TPSA) is 60.1 Å². The van der Waals surface area contributed by atoms with E-state index in [4.69, 9.17) is 4.42 Å². The van der Waals surface area contributed by atoms with Gasteiger partial charge < -0.3 is 9.73 Å². The van der Waals surface area contributed by atoms with Crippen LogP contribution >= 0.6 is 0 Å². The van der Waals surface area contributed by atoms with Gasteiger partial charge in [-0.15, -0.1) is 0 Å². The summed E-state index contributed by atoms with van der Waals surface area (Å²) in [6, 6.07) is 9.54. The van der Waals surface area contributed by atoms with Crippen molar-refractivity contribution in [3.05, 3.63) is 60.1 Å². The van der Waals surface area contributed by atoms with Crippen LogP contribution in [0.25, 0.3) is 17.0 Å². The minimum atomic E-state index is -0.196. The summed E-state index contributed by atoms with van der Waals surface area (Å²) < 4.78 is 7.43. The van der Waals surface area contributed by atoms with Crippen LogP contribution in [-0.2, 0) is 11.8 Å². The fraction of sp³-hybridized carbons (Fsp3) is 0.176. The van der Waals surface area contributed by atoms with Gasteiger partial charge in [-0.1, -0.05) is 18.2 Å². The molecule has 2 heterocycles. The van der Waals surface area contributed by atoms with Gasteiger partial charge in [0, 0.05) is 30.3 Å². The van der Waals surface area contributed by atoms with Crippen LogP contribution in [0.1, 0.15) is 24.3 Å². The smallest absolute Gasteiger partial charge is 0.244 e. The van der Waals surface area contributed by atoms with E-state index in [-0.39, 0.29) is 11.9 Å². The third-order valence-corrected chi connectivity index (χ3v) is 3.38. The highest BCUT2D eigenvalue weighted by atomic mass is 16.3. The van der Waals surface area contributed by atoms with Crippen molar-refractivity contribution in [2.45, 2.75) is 13.0 Å². The molecule has 1 aromatic carbocycles. The predicted octanol–water partition coefficient (Wildman–Crippen LogP) is 3.06. The van der Waals surface area contributed by atoms with Gasteiger partial charge in [0.05, 0.1) is 12.2 Å². The fourth-order valence-electron chi connectivity index (χ4n) is 2.25. The second-order valence-corrected chi connectivity index (χ2v) is 5.20. The first-order valence-electron chi connectivity index (χ1n) is 7.07. The molecule has 0 aliphatic carbocycles. The number of fused-ring (bicyclic) bond motifs is 1. The summed E-state index contributed by atoms with van der Waals surface area (Å²) in [7, 11) is 1.83. The minimum Gasteiger partial charge on any atom is -0.459 e. The molecule has 0 aliphatic rings. The highest BCUT2D eigenvalue weighted by Crippen LogP contribution is 2.23. The summed E-state index contributed by atoms with van der Waals surface area (Å²) in [6.07, 6.45) is 6.77. The molecule has 0 bridgehead atoms. The molecule has 0 radical (unpaired) electrons. The number of aryl methyl sites for hydroxylation is 1. The van der Waals surface area contributed by atoms with Crippen LogP contribution in [0.4, 0.5) is 0 Å². The maximum Gasteiger partial charge on any atom is 0.244 e. The number of para-hydroxylation sites is 1. The second kappa shape index (κ2) is 5.89. The summed E-state index contributed by atoms with van der Waals surface area (Å²) in [4.78, 5) is 12.0. The standard InChI is InChI=1S/C17H17N3O2/c1-12(16-9-14-5-3-4-6-15(14)22-16)19-17(21)8-7-13-10-18-20(2)11-13/h3-12H,1-2H3,(H,19,21). The van der Waals surface area contributed by atoms with E-state index in [0.29, 0.717) is 0 Å². The zero-order valence-electron chi connectivity index (χ0n) is 12.5. The summed E-state index contributed by atoms with van der Waals surface area (Å²) in [5.41, 5.74) is 1.71. The zero-order chi connectivity index (χ0) is 15.5. The van der Waals surface area contributed by atoms with Crippen LogP contribution in [0, 0.1) is 0 Å². The molecule has 1 N–H and O–H groups in total. The van der Waals surface area contributed by atoms with Gasteiger partial charge in [-0.25, -0.2) is 0 Å². The van der Waals surface area contributed by atoms with E-state index in [1.54, 1.807) is 17.0 Å². The average Bonchev–Trinajstić information content (AvgIpc) is 3.11. The van der Waals surface area contributed by atoms with E-state index in [1.807, 2.05) is 50.5 Å². The number of aromatic nitrogens is 2. The van der Waals surface area contributed by atoms with Crippen LogP contribution in [0.15, 0.2) is 53.2 Å². The van der Waals surface area contributed by atoms with Gasteiger partial charge in [0.1, 0.15) is 11.3 Å². The summed E-state index contributed by atoms with van der Waals surface area (Å²) in [5.74, 6) is 0.570. The Bertz CT molecular complexity index is 796. The molecule has 1 unspecified atom stereocenters. The van der Waals surface area contributed by atoms with Crippen molar-refractivity contribution in [3.8, 4) is 0 Å². The number of amides is 1. The van der Waals surface area contributed by atoms with E-state index in [9.17, 15) is 4.79 Å². The van der Waals surface area contributed by atoms with Gasteiger partial charge >= 0.3 is 0 Å². The summed E-state index contributed by atoms with van der Waals surface area (Å²) in [5, 5.41) is 7.97. The largest absolute Gasteiger partial charge is 0.459 e. The minimum absolute atomic E-state index is 0.170. The number of furan rings is 1. The lowest BCUT2D eigenvalue weighted by Gasteiger charge is -2.08. The molecule has 1 amide bonds. The summed E-state index contributed by atoms with van der Waals surface area (Å²) >= 11 is 0. The lowest BCUT2D eigenvalue weighted by atomic mass is 10.2. The number of nitrogens with zero attached hydrogens (tertiary/aromatic N) is 2. The molecule has 112 valence electrons. The van der Waals surface area contributed by atoms with E-state index < -0.39 is 0 Å². The van der Waals surface area contributed by atoms with Crippen molar-refractivity contribution in [3.63, 3.8) is 0 Å². The normalized spacial score (nSPS) is 12.8. The van der Waals surface area contributed by atoms with Gasteiger partial charge in [0.25, 0.3) is 0 Å². The molecule has 3 rings (SSSR count). The number of rotatable bonds is 4. The zero-order valence-corrected chi connectivity index (χ0v) is 12.5. The fourth-order valence-corrected chi connectivity index (χ4v) is 2.25. The average molecular weight is 295 g/mol. The molecule has 0 saturated heterocycles. The third-order valence-electron chi connectivity index (χ3n) is 3.38. The lowest BCUT2D eigenvalue weighted by Crippen LogP contribution is -2.24. The second-order valence-electron chi connectivity index (χ2n) is 5.20. The van der Waals surface area contributed by atoms with Crippen LogP contribution < -0.4 is 5.32 Å². The highest BCUT2D eigenvalue weighted by molar-refractivity contribution is 5.92. The molecule has 2 aromatic heterocycles. The Balaban J connectivity index is 1.66. The number of nitrogens with one attached hydrogen (secondary N) is 1. The van der Waals surface area contributed by atoms with Crippen LogP contribution in [0.5, 0.6) is 0 Å². The van der Waals surface area contributed by atoms with Crippen molar-refractivity contribution < 1.29 is 9.21 Å². The maximum absolute atomic E-state index is 12.0. The number of benzene rings is 1. The molecular weight excluding hydrogens is 278 g/mol. The van der Waals surface area contributed by atoms with Gasteiger partial charge in [0.15, 0.2) is 0 Å². The molecule has 3 aromatic rings. The van der Waals surface area contributed by atoms with E-state index in [0.717, 1.165) is 22.3 Å². The van der Waals surface area contributed by atoms with Crippen molar-refractivity contribution in [2.75, 3.05) is 0 Å². The van der Waals surface area contributed by atoms with Crippen molar-refractivity contribution >= 4 is 23.0 Å². The van der Waals surface area contributed by atoms with Crippen molar-refractivity contribution in [2.24, 2.45) is 7.05 Å². The summed E-state index contributed by atoms with van der Waals surface area (Å²) in [6.45, 7) is 1.90. The Kier molecular flexibility index (Phi) is 3.78. The number of carbonyl (C=O) groups excluding carboxylic acids is 1. The SMILES string of the molecule is CC(NC(=O)C=Cc1cnn(C)c1)c1cc2ccccc2o1. The van der Waals surface area contributed by atoms with Crippen LogP contribution in [0.3, 0.4) is 0 Å². The van der Waals surface area contributed by atoms with Crippen molar-refractivity contribution in [1.82, 2.24) is 15.1 Å². The van der Waals surface area contributed by atoms with Crippen LogP contribution in [-0.4, -0.2) is 15.7 Å². The Morgan fingerprint density at radius 3 is 2.95 bits per heavy atom. The Morgan fingerprint density at radius 1 is 1.41 bits per heavy atom. The molecule has 0 saturated carbocycles. The Labute approximate surface area is 128 Å². The van der Waals surface area contributed by atoms with Gasteiger partial charge in [-0.3, -0.25) is 9.48 Å². The molecular formula is C17H17N3O2.